The first-order valence-electron chi connectivity index (χ1n) is 38.1. The third-order valence-electron chi connectivity index (χ3n) is 15.5. The number of halogens is 4. The minimum atomic E-state index is -0.885. The Balaban J connectivity index is 0.000000364. The minimum Gasteiger partial charge on any atom is -0.428 e. The highest BCUT2D eigenvalue weighted by atomic mass is 79.9. The predicted octanol–water partition coefficient (Wildman–Crippen LogP) is 25.2. The minimum absolute atomic E-state index is 0.0900. The number of hydrogen-bond acceptors (Lipinski definition) is 21. The number of ether oxygens (including phenoxy) is 10. The van der Waals surface area contributed by atoms with Crippen molar-refractivity contribution in [2.24, 2.45) is 0 Å². The van der Waals surface area contributed by atoms with Crippen LogP contribution < -0.4 is 23.7 Å². The summed E-state index contributed by atoms with van der Waals surface area (Å²) in [6.07, 6.45) is 1.05. The average Bonchev–Trinajstić information content (AvgIpc) is 1.74. The molecule has 0 aliphatic heterocycles. The molecule has 2 aromatic heterocycles. The van der Waals surface area contributed by atoms with Crippen molar-refractivity contribution in [3.8, 4) is 134 Å². The highest BCUT2D eigenvalue weighted by Gasteiger charge is 2.26. The van der Waals surface area contributed by atoms with Gasteiger partial charge in [0.2, 0.25) is 23.6 Å². The molecule has 0 radical (unpaired) electrons. The topological polar surface area (TPSA) is 255 Å². The van der Waals surface area contributed by atoms with Gasteiger partial charge >= 0.3 is 30.8 Å². The number of aryl methyl sites for hydroxylation is 5. The van der Waals surface area contributed by atoms with Crippen LogP contribution in [0.15, 0.2) is 191 Å². The van der Waals surface area contributed by atoms with Crippen LogP contribution in [0, 0.1) is 94.3 Å². The fraction of sp³-hybridized carbons (Fsp3) is 0.255. The van der Waals surface area contributed by atoms with Crippen LogP contribution >= 0.6 is 63.7 Å². The molecule has 0 fully saturated rings. The van der Waals surface area contributed by atoms with Gasteiger partial charge in [-0.05, 0) is 300 Å². The number of carbonyl (C=O) groups is 5. The van der Waals surface area contributed by atoms with Gasteiger partial charge in [-0.15, -0.1) is 26.8 Å². The molecule has 0 atom stereocenters. The number of aromatic nitrogens is 4. The van der Waals surface area contributed by atoms with E-state index in [1.807, 2.05) is 77.1 Å². The highest BCUT2D eigenvalue weighted by Crippen LogP contribution is 2.35. The van der Waals surface area contributed by atoms with E-state index in [1.165, 1.54) is 0 Å². The molecule has 0 unspecified atom stereocenters. The number of carbonyl (C=O) groups excluding carboxylic acids is 5. The van der Waals surface area contributed by atoms with Crippen LogP contribution in [0.5, 0.6) is 28.7 Å². The van der Waals surface area contributed by atoms with Crippen molar-refractivity contribution in [2.45, 2.75) is 166 Å². The zero-order valence-corrected chi connectivity index (χ0v) is 77.8. The molecule has 123 heavy (non-hydrogen) atoms. The second kappa shape index (κ2) is 40.8. The van der Waals surface area contributed by atoms with Crippen LogP contribution in [-0.4, -0.2) is 79.2 Å². The molecular formula is C98H88Br4N4O17. The quantitative estimate of drug-likeness (QED) is 0.0563. The van der Waals surface area contributed by atoms with Gasteiger partial charge in [0.05, 0.1) is 27.8 Å². The molecule has 0 saturated carbocycles. The Labute approximate surface area is 749 Å². The maximum atomic E-state index is 12.8. The van der Waals surface area contributed by atoms with Gasteiger partial charge in [0, 0.05) is 62.4 Å². The summed E-state index contributed by atoms with van der Waals surface area (Å²) in [4.78, 5) is 62.8. The largest absolute Gasteiger partial charge is 0.514 e. The highest BCUT2D eigenvalue weighted by molar-refractivity contribution is 9.11. The lowest BCUT2D eigenvalue weighted by Crippen LogP contribution is -2.26. The number of terminal acetylenes is 1. The Morgan fingerprint density at radius 1 is 0.276 bits per heavy atom. The van der Waals surface area contributed by atoms with E-state index in [0.717, 1.165) is 56.8 Å². The van der Waals surface area contributed by atoms with E-state index in [0.29, 0.717) is 78.7 Å². The average molecular weight is 1910 g/mol. The summed E-state index contributed by atoms with van der Waals surface area (Å²) in [5, 5.41) is 17.2. The molecular weight excluding hydrogens is 1820 g/mol. The summed E-state index contributed by atoms with van der Waals surface area (Å²) in [6, 6.07) is 48.3. The molecule has 0 aliphatic carbocycles. The normalized spacial score (nSPS) is 11.0. The molecule has 2 heterocycles. The summed E-state index contributed by atoms with van der Waals surface area (Å²) in [5.41, 5.74) is 7.33. The molecule has 11 rings (SSSR count). The van der Waals surface area contributed by atoms with Gasteiger partial charge in [-0.2, -0.15) is 0 Å². The summed E-state index contributed by atoms with van der Waals surface area (Å²) in [5.74, 6) is 30.2. The monoisotopic (exact) mass is 1910 g/mol. The number of benzene rings is 9. The number of nitrogens with zero attached hydrogens (tertiary/aromatic N) is 4. The second-order valence-electron chi connectivity index (χ2n) is 32.7. The van der Waals surface area contributed by atoms with E-state index in [1.54, 1.807) is 225 Å². The van der Waals surface area contributed by atoms with E-state index in [2.05, 4.69) is 137 Å². The van der Waals surface area contributed by atoms with E-state index < -0.39 is 58.8 Å². The molecule has 25 heteroatoms. The van der Waals surface area contributed by atoms with Crippen molar-refractivity contribution in [3.63, 3.8) is 0 Å². The Kier molecular flexibility index (Phi) is 31.2. The van der Waals surface area contributed by atoms with E-state index in [9.17, 15) is 24.0 Å². The van der Waals surface area contributed by atoms with Crippen LogP contribution in [0.4, 0.5) is 24.0 Å². The molecule has 0 spiro atoms. The molecule has 0 N–H and O–H groups in total. The van der Waals surface area contributed by atoms with Crippen molar-refractivity contribution in [2.75, 3.05) is 0 Å². The van der Waals surface area contributed by atoms with E-state index >= 15 is 0 Å². The van der Waals surface area contributed by atoms with Crippen molar-refractivity contribution in [1.29, 1.82) is 0 Å². The number of hydrogen-bond donors (Lipinski definition) is 0. The van der Waals surface area contributed by atoms with Crippen LogP contribution in [0.3, 0.4) is 0 Å². The van der Waals surface area contributed by atoms with Crippen molar-refractivity contribution >= 4 is 94.5 Å². The van der Waals surface area contributed by atoms with Gasteiger partial charge < -0.3 is 56.2 Å². The van der Waals surface area contributed by atoms with Crippen LogP contribution in [0.1, 0.15) is 182 Å². The van der Waals surface area contributed by atoms with Crippen molar-refractivity contribution in [1.82, 2.24) is 20.4 Å². The van der Waals surface area contributed by atoms with Gasteiger partial charge in [0.25, 0.3) is 0 Å². The smallest absolute Gasteiger partial charge is 0.428 e. The van der Waals surface area contributed by atoms with E-state index in [4.69, 9.17) is 62.6 Å². The summed E-state index contributed by atoms with van der Waals surface area (Å²) in [6.45, 7) is 35.7. The lowest BCUT2D eigenvalue weighted by molar-refractivity contribution is 0.0192. The zero-order valence-electron chi connectivity index (χ0n) is 71.4. The van der Waals surface area contributed by atoms with Gasteiger partial charge in [-0.1, -0.05) is 147 Å². The fourth-order valence-corrected chi connectivity index (χ4v) is 13.2. The lowest BCUT2D eigenvalue weighted by atomic mass is 10.0. The Bertz CT molecular complexity index is 5580. The van der Waals surface area contributed by atoms with Crippen LogP contribution in [-0.2, 0) is 23.7 Å². The maximum absolute atomic E-state index is 12.8. The summed E-state index contributed by atoms with van der Waals surface area (Å²) >= 11 is 13.8. The molecule has 0 bridgehead atoms. The summed E-state index contributed by atoms with van der Waals surface area (Å²) < 4.78 is 70.4. The third-order valence-corrected chi connectivity index (χ3v) is 17.4. The molecule has 0 aliphatic rings. The first-order valence-corrected chi connectivity index (χ1v) is 41.3. The van der Waals surface area contributed by atoms with Crippen LogP contribution in [0.2, 0.25) is 0 Å². The number of rotatable bonds is 9. The molecule has 11 aromatic rings. The van der Waals surface area contributed by atoms with Gasteiger partial charge in [-0.3, -0.25) is 0 Å². The molecule has 21 nitrogen and oxygen atoms in total. The molecule has 0 amide bonds. The zero-order chi connectivity index (χ0) is 90.1. The van der Waals surface area contributed by atoms with E-state index in [-0.39, 0.29) is 34.8 Å². The Hall–Kier alpha value is -12.7. The van der Waals surface area contributed by atoms with Gasteiger partial charge in [-0.25, -0.2) is 24.0 Å². The van der Waals surface area contributed by atoms with Crippen molar-refractivity contribution in [3.05, 3.63) is 260 Å². The Morgan fingerprint density at radius 2 is 0.472 bits per heavy atom. The summed E-state index contributed by atoms with van der Waals surface area (Å²) in [7, 11) is 0. The van der Waals surface area contributed by atoms with Gasteiger partial charge in [0.15, 0.2) is 0 Å². The SMILES string of the molecule is Brc1cc(Br)cc(-c2nnc(-c3cc(Br)cc(Br)c3)o2)c1.C#Cc1cc(C)ccc1OC(=O)OC(C)(C)C.Cc1ccc(OC(=O)OC(C)(C)C)c(C#Cc2cc(C#Cc3cc(C)ccc3OC(=O)OC(C)(C)C)cc(-c3nnc(-c4cc(C#Cc5cc(C)ccc5OC(=O)OC(C)(C)C)cc(C#Cc5cc(C)ccc5OC(=O)OC(C)(C)C)c4)o3)c2)c1. The first kappa shape index (κ1) is 94.2. The predicted molar refractivity (Wildman–Crippen MR) is 483 cm³/mol. The fourth-order valence-electron chi connectivity index (χ4n) is 10.6. The first-order chi connectivity index (χ1) is 57.6. The molecule has 630 valence electrons. The maximum Gasteiger partial charge on any atom is 0.514 e. The lowest BCUT2D eigenvalue weighted by Gasteiger charge is -2.19. The Morgan fingerprint density at radius 3 is 0.675 bits per heavy atom. The van der Waals surface area contributed by atoms with Gasteiger partial charge in [0.1, 0.15) is 56.8 Å². The standard InChI is InChI=1S/C70H66N2O13.C14H6Br4N2O.C14H16O3/c1-43-17-29-57(77-63(73)82-67(5,6)7)51(33-43)25-21-47-37-48(22-26-52-34-44(2)18-30-58(52)78-64(74)83-68(8,9)10)40-55(39-47)61-71-72-62(81-61)56-41-49(23-27-53-35-45(3)19-31-59(53)79-65(75)84-69(11,12)13)38-50(42-56)24-28-54-36-46(4)20-32-60(54)80-66(76)85-70(14,15)16;15-9-1-7(2-10(16)5-9)13-19-20-14(21-13)8-3-11(17)6-12(18)4-8;1-6-11-9-10(2)7-8-12(11)16-13(15)17-14(3,4)5/h17-20,29-42H,1-16H3;1-6H;1,7-9H,2-5H3. The van der Waals surface area contributed by atoms with Crippen molar-refractivity contribution < 1.29 is 80.2 Å². The molecule has 0 saturated heterocycles. The van der Waals surface area contributed by atoms with Crippen LogP contribution in [0.25, 0.3) is 45.8 Å². The molecule has 9 aromatic carbocycles. The third kappa shape index (κ3) is 31.1. The second-order valence-corrected chi connectivity index (χ2v) is 36.4.